The number of nitrogens with zero attached hydrogens (tertiary/aromatic N) is 6. The first kappa shape index (κ1) is 24.7. The third-order valence-corrected chi connectivity index (χ3v) is 5.11. The van der Waals surface area contributed by atoms with Gasteiger partial charge in [-0.3, -0.25) is 0 Å². The van der Waals surface area contributed by atoms with Crippen molar-refractivity contribution in [1.82, 2.24) is 29.4 Å². The zero-order chi connectivity index (χ0) is 22.8. The number of ether oxygens (including phenoxy) is 1. The van der Waals surface area contributed by atoms with Crippen molar-refractivity contribution in [2.24, 2.45) is 5.73 Å². The van der Waals surface area contributed by atoms with E-state index in [2.05, 4.69) is 30.8 Å². The second kappa shape index (κ2) is 10.3. The summed E-state index contributed by atoms with van der Waals surface area (Å²) < 4.78 is 8.47. The first-order valence-corrected chi connectivity index (χ1v) is 10.2. The van der Waals surface area contributed by atoms with Crippen molar-refractivity contribution >= 4 is 58.7 Å². The number of hydrogen-bond donors (Lipinski definition) is 3. The zero-order valence-electron chi connectivity index (χ0n) is 17.5. The quantitative estimate of drug-likeness (QED) is 0.357. The molecule has 0 fully saturated rings. The van der Waals surface area contributed by atoms with Crippen molar-refractivity contribution in [3.8, 4) is 5.82 Å². The van der Waals surface area contributed by atoms with Crippen LogP contribution in [0.4, 0.5) is 16.2 Å². The third kappa shape index (κ3) is 5.18. The molecule has 0 aliphatic rings. The lowest BCUT2D eigenvalue weighted by Gasteiger charge is -2.17. The monoisotopic (exact) mass is 511 g/mol. The molecule has 0 saturated heterocycles. The molecule has 0 bridgehead atoms. The zero-order valence-corrected chi connectivity index (χ0v) is 19.8. The maximum absolute atomic E-state index is 12.6. The molecule has 174 valence electrons. The van der Waals surface area contributed by atoms with E-state index >= 15 is 0 Å². The van der Waals surface area contributed by atoms with Gasteiger partial charge in [-0.05, 0) is 13.0 Å². The first-order valence-electron chi connectivity index (χ1n) is 9.44. The molecule has 0 aromatic carbocycles. The van der Waals surface area contributed by atoms with Gasteiger partial charge in [-0.15, -0.1) is 12.4 Å². The highest BCUT2D eigenvalue weighted by Crippen LogP contribution is 2.27. The lowest BCUT2D eigenvalue weighted by Crippen LogP contribution is -2.22. The topological polar surface area (TPSA) is 137 Å². The number of fused-ring (bicyclic) bond motifs is 1. The van der Waals surface area contributed by atoms with Crippen molar-refractivity contribution in [1.29, 1.82) is 0 Å². The van der Waals surface area contributed by atoms with Gasteiger partial charge < -0.3 is 21.1 Å². The molecule has 0 aliphatic heterocycles. The van der Waals surface area contributed by atoms with E-state index in [1.807, 2.05) is 6.92 Å². The lowest BCUT2D eigenvalue weighted by molar-refractivity contribution is 0.114. The number of hydrogen-bond acceptors (Lipinski definition) is 7. The minimum atomic E-state index is -0.524. The number of methoxy groups -OCH3 is 1. The first-order chi connectivity index (χ1) is 15.4. The molecule has 2 amide bonds. The van der Waals surface area contributed by atoms with E-state index in [0.29, 0.717) is 40.1 Å². The highest BCUT2D eigenvalue weighted by molar-refractivity contribution is 6.32. The Morgan fingerprint density at radius 1 is 1.21 bits per heavy atom. The molecular weight excluding hydrogens is 493 g/mol. The lowest BCUT2D eigenvalue weighted by atomic mass is 10.2. The number of nitrogens with two attached hydrogens (primary N) is 1. The van der Waals surface area contributed by atoms with Crippen molar-refractivity contribution in [3.63, 3.8) is 0 Å². The van der Waals surface area contributed by atoms with E-state index in [1.54, 1.807) is 31.6 Å². The summed E-state index contributed by atoms with van der Waals surface area (Å²) in [5, 5.41) is 14.4. The Morgan fingerprint density at radius 2 is 2.00 bits per heavy atom. The second-order valence-electron chi connectivity index (χ2n) is 6.78. The van der Waals surface area contributed by atoms with Crippen LogP contribution in [0.15, 0.2) is 36.9 Å². The molecule has 11 nitrogen and oxygen atoms in total. The van der Waals surface area contributed by atoms with Crippen LogP contribution >= 0.6 is 35.6 Å². The van der Waals surface area contributed by atoms with Crippen LogP contribution in [0.1, 0.15) is 24.3 Å². The Bertz CT molecular complexity index is 1290. The maximum atomic E-state index is 12.6. The Morgan fingerprint density at radius 3 is 2.67 bits per heavy atom. The fourth-order valence-corrected chi connectivity index (χ4v) is 3.48. The van der Waals surface area contributed by atoms with E-state index in [0.717, 1.165) is 5.56 Å². The van der Waals surface area contributed by atoms with Crippen LogP contribution < -0.4 is 16.4 Å². The van der Waals surface area contributed by atoms with Crippen molar-refractivity contribution < 1.29 is 9.53 Å². The Kier molecular flexibility index (Phi) is 7.72. The largest absolute Gasteiger partial charge is 0.375 e. The van der Waals surface area contributed by atoms with Crippen LogP contribution in [-0.2, 0) is 11.3 Å². The summed E-state index contributed by atoms with van der Waals surface area (Å²) in [6.45, 7) is 2.17. The fraction of sp³-hybridized carbons (Fsp3) is 0.211. The van der Waals surface area contributed by atoms with Crippen molar-refractivity contribution in [2.75, 3.05) is 17.7 Å². The van der Waals surface area contributed by atoms with Crippen LogP contribution in [-0.4, -0.2) is 42.5 Å². The summed E-state index contributed by atoms with van der Waals surface area (Å²) in [4.78, 5) is 21.2. The minimum absolute atomic E-state index is 0. The van der Waals surface area contributed by atoms with Gasteiger partial charge in [0, 0.05) is 31.5 Å². The van der Waals surface area contributed by atoms with E-state index in [4.69, 9.17) is 33.7 Å². The third-order valence-electron chi connectivity index (χ3n) is 4.65. The van der Waals surface area contributed by atoms with E-state index < -0.39 is 12.1 Å². The summed E-state index contributed by atoms with van der Waals surface area (Å²) in [7, 11) is 1.55. The molecule has 14 heteroatoms. The van der Waals surface area contributed by atoms with Gasteiger partial charge in [0.15, 0.2) is 16.6 Å². The summed E-state index contributed by atoms with van der Waals surface area (Å²) >= 11 is 12.3. The van der Waals surface area contributed by atoms with E-state index in [-0.39, 0.29) is 17.6 Å². The molecule has 4 heterocycles. The van der Waals surface area contributed by atoms with Gasteiger partial charge in [0.05, 0.1) is 46.8 Å². The van der Waals surface area contributed by atoms with Gasteiger partial charge in [0.1, 0.15) is 0 Å². The van der Waals surface area contributed by atoms with Gasteiger partial charge in [0.25, 0.3) is 0 Å². The normalized spacial score (nSPS) is 11.8. The standard InChI is InChI=1S/C19H19Cl2N9O2.ClH/c1-10(32-2)17-14(8-23-16-4-15(21)28-30(16)17)27-19(31)26-12-3-13(20)18(24-7-12)29-9-11(5-22)6-25-29;/h3-4,6-10H,5,22H2,1-2H3,(H2,26,27,31);1H. The van der Waals surface area contributed by atoms with Gasteiger partial charge in [0.2, 0.25) is 0 Å². The number of urea groups is 1. The van der Waals surface area contributed by atoms with Crippen LogP contribution in [0.3, 0.4) is 0 Å². The molecule has 0 aliphatic carbocycles. The van der Waals surface area contributed by atoms with Gasteiger partial charge >= 0.3 is 6.03 Å². The number of amides is 2. The maximum Gasteiger partial charge on any atom is 0.323 e. The van der Waals surface area contributed by atoms with Gasteiger partial charge in [-0.25, -0.2) is 24.0 Å². The molecule has 0 saturated carbocycles. The molecule has 4 aromatic rings. The average Bonchev–Trinajstić information content (AvgIpc) is 3.39. The molecule has 1 unspecified atom stereocenters. The van der Waals surface area contributed by atoms with Crippen LogP contribution in [0.5, 0.6) is 0 Å². The SMILES string of the molecule is COC(C)c1c(NC(=O)Nc2cnc(-n3cc(CN)cn3)c(Cl)c2)cnc2cc(Cl)nn12.Cl. The van der Waals surface area contributed by atoms with Crippen LogP contribution in [0.2, 0.25) is 10.2 Å². The number of pyridine rings is 1. The molecular formula is C19H20Cl3N9O2. The fourth-order valence-electron chi connectivity index (χ4n) is 3.06. The van der Waals surface area contributed by atoms with Crippen LogP contribution in [0, 0.1) is 0 Å². The summed E-state index contributed by atoms with van der Waals surface area (Å²) in [5.74, 6) is 0.416. The van der Waals surface area contributed by atoms with Gasteiger partial charge in [-0.1, -0.05) is 23.2 Å². The van der Waals surface area contributed by atoms with E-state index in [9.17, 15) is 4.79 Å². The Balaban J connectivity index is 0.00000306. The number of nitrogens with one attached hydrogen (secondary N) is 2. The molecule has 0 spiro atoms. The number of rotatable bonds is 6. The van der Waals surface area contributed by atoms with Crippen molar-refractivity contribution in [2.45, 2.75) is 19.6 Å². The molecule has 33 heavy (non-hydrogen) atoms. The summed E-state index contributed by atoms with van der Waals surface area (Å²) in [6, 6.07) is 2.66. The number of halogens is 3. The minimum Gasteiger partial charge on any atom is -0.375 e. The molecule has 4 rings (SSSR count). The van der Waals surface area contributed by atoms with Crippen molar-refractivity contribution in [3.05, 3.63) is 58.4 Å². The smallest absolute Gasteiger partial charge is 0.323 e. The molecule has 4 N–H and O–H groups in total. The molecule has 1 atom stereocenters. The summed E-state index contributed by atoms with van der Waals surface area (Å²) in [6.07, 6.45) is 5.96. The summed E-state index contributed by atoms with van der Waals surface area (Å²) in [5.41, 5.74) is 8.36. The second-order valence-corrected chi connectivity index (χ2v) is 7.57. The number of carbonyl (C=O) groups is 1. The van der Waals surface area contributed by atoms with Gasteiger partial charge in [-0.2, -0.15) is 10.2 Å². The van der Waals surface area contributed by atoms with Crippen LogP contribution in [0.25, 0.3) is 11.5 Å². The molecule has 0 radical (unpaired) electrons. The Hall–Kier alpha value is -2.96. The van der Waals surface area contributed by atoms with E-state index in [1.165, 1.54) is 21.6 Å². The molecule has 4 aromatic heterocycles. The Labute approximate surface area is 204 Å². The number of anilines is 2. The number of aromatic nitrogens is 6. The number of carbonyl (C=O) groups excluding carboxylic acids is 1. The highest BCUT2D eigenvalue weighted by atomic mass is 35.5. The average molecular weight is 513 g/mol. The predicted molar refractivity (Wildman–Crippen MR) is 128 cm³/mol. The highest BCUT2D eigenvalue weighted by Gasteiger charge is 2.19. The predicted octanol–water partition coefficient (Wildman–Crippen LogP) is 3.85.